The fourth-order valence-electron chi connectivity index (χ4n) is 4.48. The number of rotatable bonds is 7. The molecular formula is C29H23Cl2N3O5S2. The van der Waals surface area contributed by atoms with E-state index in [1.807, 2.05) is 32.0 Å². The monoisotopic (exact) mass is 627 g/mol. The molecule has 1 atom stereocenters. The van der Waals surface area contributed by atoms with Gasteiger partial charge in [0.15, 0.2) is 15.8 Å². The number of anilines is 1. The number of amides is 1. The standard InChI is InChI=1S/C29H23Cl2N3O5S2/c1-14-4-5-15(2)19(10-14)25(36)23-24(16-7-9-21(35)22(11-16)39-3)34(27(38)26(23)37)28-32-33-29(41-28)40-13-17-6-8-18(30)12-20(17)31/h4-12,24,35-36H,13H2,1-3H3. The number of ether oxygens (including phenoxy) is 1. The Kier molecular flexibility index (Phi) is 8.28. The molecule has 0 bridgehead atoms. The van der Waals surface area contributed by atoms with Gasteiger partial charge in [-0.3, -0.25) is 14.5 Å². The van der Waals surface area contributed by atoms with Gasteiger partial charge in [-0.1, -0.05) is 76.1 Å². The van der Waals surface area contributed by atoms with Crippen molar-refractivity contribution >= 4 is 68.9 Å². The maximum absolute atomic E-state index is 13.5. The van der Waals surface area contributed by atoms with Crippen LogP contribution in [0.25, 0.3) is 5.76 Å². The van der Waals surface area contributed by atoms with Gasteiger partial charge in [-0.15, -0.1) is 10.2 Å². The Bertz CT molecular complexity index is 1720. The van der Waals surface area contributed by atoms with E-state index in [1.54, 1.807) is 24.3 Å². The molecule has 12 heteroatoms. The second-order valence-electron chi connectivity index (χ2n) is 9.29. The summed E-state index contributed by atoms with van der Waals surface area (Å²) in [4.78, 5) is 28.3. The molecule has 1 saturated heterocycles. The Morgan fingerprint density at radius 1 is 1.07 bits per heavy atom. The number of phenols is 1. The SMILES string of the molecule is COc1cc(C2C(=C(O)c3cc(C)ccc3C)C(=O)C(=O)N2c2nnc(SCc3ccc(Cl)cc3Cl)s2)ccc1O. The summed E-state index contributed by atoms with van der Waals surface area (Å²) in [6.07, 6.45) is 0. The molecule has 1 aliphatic rings. The van der Waals surface area contributed by atoms with Crippen LogP contribution in [0.1, 0.15) is 33.9 Å². The molecule has 0 saturated carbocycles. The first kappa shape index (κ1) is 28.9. The molecule has 1 aliphatic heterocycles. The van der Waals surface area contributed by atoms with Crippen LogP contribution in [0.5, 0.6) is 11.5 Å². The van der Waals surface area contributed by atoms with Gasteiger partial charge < -0.3 is 14.9 Å². The summed E-state index contributed by atoms with van der Waals surface area (Å²) < 4.78 is 5.83. The highest BCUT2D eigenvalue weighted by Crippen LogP contribution is 2.46. The Morgan fingerprint density at radius 2 is 1.85 bits per heavy atom. The fourth-order valence-corrected chi connectivity index (χ4v) is 6.91. The van der Waals surface area contributed by atoms with Gasteiger partial charge >= 0.3 is 5.91 Å². The average molecular weight is 629 g/mol. The van der Waals surface area contributed by atoms with E-state index in [0.717, 1.165) is 28.0 Å². The van der Waals surface area contributed by atoms with Crippen molar-refractivity contribution in [3.63, 3.8) is 0 Å². The van der Waals surface area contributed by atoms with Crippen LogP contribution in [0.4, 0.5) is 5.13 Å². The molecule has 3 aromatic carbocycles. The quantitative estimate of drug-likeness (QED) is 0.0733. The molecule has 5 rings (SSSR count). The van der Waals surface area contributed by atoms with Crippen molar-refractivity contribution in [2.24, 2.45) is 0 Å². The first-order chi connectivity index (χ1) is 19.6. The largest absolute Gasteiger partial charge is 0.507 e. The summed E-state index contributed by atoms with van der Waals surface area (Å²) in [5, 5.41) is 31.4. The molecule has 1 aromatic heterocycles. The fraction of sp³-hybridized carbons (Fsp3) is 0.172. The third-order valence-corrected chi connectivity index (χ3v) is 9.27. The number of aromatic nitrogens is 2. The minimum Gasteiger partial charge on any atom is -0.507 e. The Morgan fingerprint density at radius 3 is 2.59 bits per heavy atom. The number of ketones is 1. The highest BCUT2D eigenvalue weighted by atomic mass is 35.5. The molecule has 0 aliphatic carbocycles. The lowest BCUT2D eigenvalue weighted by Gasteiger charge is -2.23. The van der Waals surface area contributed by atoms with E-state index in [9.17, 15) is 19.8 Å². The second kappa shape index (κ2) is 11.7. The maximum Gasteiger partial charge on any atom is 0.301 e. The molecule has 1 amide bonds. The first-order valence-corrected chi connectivity index (χ1v) is 14.8. The number of hydrogen-bond donors (Lipinski definition) is 2. The number of benzene rings is 3. The normalized spacial score (nSPS) is 16.4. The molecule has 210 valence electrons. The number of hydrogen-bond acceptors (Lipinski definition) is 9. The van der Waals surface area contributed by atoms with E-state index in [-0.39, 0.29) is 28.0 Å². The molecule has 41 heavy (non-hydrogen) atoms. The lowest BCUT2D eigenvalue weighted by atomic mass is 9.93. The van der Waals surface area contributed by atoms with Crippen molar-refractivity contribution in [3.8, 4) is 11.5 Å². The van der Waals surface area contributed by atoms with Gasteiger partial charge in [0.1, 0.15) is 5.76 Å². The molecule has 2 heterocycles. The number of nitrogens with zero attached hydrogens (tertiary/aromatic N) is 3. The van der Waals surface area contributed by atoms with Crippen LogP contribution in [0.2, 0.25) is 10.0 Å². The topological polar surface area (TPSA) is 113 Å². The number of halogens is 2. The summed E-state index contributed by atoms with van der Waals surface area (Å²) in [5.41, 5.74) is 3.23. The van der Waals surface area contributed by atoms with Crippen LogP contribution < -0.4 is 9.64 Å². The van der Waals surface area contributed by atoms with E-state index in [1.165, 1.54) is 35.9 Å². The van der Waals surface area contributed by atoms with Crippen LogP contribution >= 0.6 is 46.3 Å². The third kappa shape index (κ3) is 5.65. The minimum absolute atomic E-state index is 0.103. The lowest BCUT2D eigenvalue weighted by Crippen LogP contribution is -2.29. The zero-order chi connectivity index (χ0) is 29.4. The zero-order valence-electron chi connectivity index (χ0n) is 22.0. The third-order valence-electron chi connectivity index (χ3n) is 6.58. The van der Waals surface area contributed by atoms with Gasteiger partial charge in [-0.05, 0) is 60.9 Å². The van der Waals surface area contributed by atoms with E-state index < -0.39 is 17.7 Å². The van der Waals surface area contributed by atoms with E-state index in [0.29, 0.717) is 31.3 Å². The number of aryl methyl sites for hydroxylation is 2. The number of phenolic OH excluding ortho intramolecular Hbond substituents is 1. The van der Waals surface area contributed by atoms with Crippen molar-refractivity contribution < 1.29 is 24.5 Å². The number of Topliss-reactive ketones (excluding diaryl/α,β-unsaturated/α-hetero) is 1. The number of aromatic hydroxyl groups is 1. The van der Waals surface area contributed by atoms with Gasteiger partial charge in [0.05, 0.1) is 18.7 Å². The highest BCUT2D eigenvalue weighted by Gasteiger charge is 2.48. The summed E-state index contributed by atoms with van der Waals surface area (Å²) >= 11 is 14.8. The molecular weight excluding hydrogens is 605 g/mol. The minimum atomic E-state index is -1.05. The van der Waals surface area contributed by atoms with Crippen molar-refractivity contribution in [2.45, 2.75) is 30.0 Å². The molecule has 8 nitrogen and oxygen atoms in total. The lowest BCUT2D eigenvalue weighted by molar-refractivity contribution is -0.132. The smallest absolute Gasteiger partial charge is 0.301 e. The van der Waals surface area contributed by atoms with Crippen LogP contribution in [-0.4, -0.2) is 39.2 Å². The highest BCUT2D eigenvalue weighted by molar-refractivity contribution is 8.00. The van der Waals surface area contributed by atoms with Crippen molar-refractivity contribution in [1.29, 1.82) is 0 Å². The molecule has 1 fully saturated rings. The number of carbonyl (C=O) groups is 2. The average Bonchev–Trinajstić information content (AvgIpc) is 3.51. The molecule has 0 spiro atoms. The number of carbonyl (C=O) groups excluding carboxylic acids is 2. The zero-order valence-corrected chi connectivity index (χ0v) is 25.2. The Labute approximate surface area is 254 Å². The Balaban J connectivity index is 1.59. The van der Waals surface area contributed by atoms with Crippen molar-refractivity contribution in [3.05, 3.63) is 98.0 Å². The number of thioether (sulfide) groups is 1. The predicted octanol–water partition coefficient (Wildman–Crippen LogP) is 7.09. The van der Waals surface area contributed by atoms with Gasteiger partial charge in [0, 0.05) is 21.4 Å². The molecule has 2 N–H and O–H groups in total. The van der Waals surface area contributed by atoms with Crippen LogP contribution in [0.3, 0.4) is 0 Å². The van der Waals surface area contributed by atoms with E-state index in [4.69, 9.17) is 27.9 Å². The number of aliphatic hydroxyl groups excluding tert-OH is 1. The maximum atomic E-state index is 13.5. The van der Waals surface area contributed by atoms with Gasteiger partial charge in [0.2, 0.25) is 5.13 Å². The molecule has 4 aromatic rings. The molecule has 0 radical (unpaired) electrons. The van der Waals surface area contributed by atoms with Crippen LogP contribution in [0.15, 0.2) is 64.5 Å². The van der Waals surface area contributed by atoms with Gasteiger partial charge in [-0.25, -0.2) is 0 Å². The van der Waals surface area contributed by atoms with Crippen molar-refractivity contribution in [1.82, 2.24) is 10.2 Å². The van der Waals surface area contributed by atoms with E-state index >= 15 is 0 Å². The van der Waals surface area contributed by atoms with Crippen molar-refractivity contribution in [2.75, 3.05) is 12.0 Å². The predicted molar refractivity (Wildman–Crippen MR) is 161 cm³/mol. The summed E-state index contributed by atoms with van der Waals surface area (Å²) in [5.74, 6) is -1.51. The number of methoxy groups -OCH3 is 1. The Hall–Kier alpha value is -3.57. The van der Waals surface area contributed by atoms with Crippen LogP contribution in [-0.2, 0) is 15.3 Å². The summed E-state index contributed by atoms with van der Waals surface area (Å²) in [6, 6.07) is 14.2. The van der Waals surface area contributed by atoms with Crippen LogP contribution in [0, 0.1) is 13.8 Å². The van der Waals surface area contributed by atoms with E-state index in [2.05, 4.69) is 10.2 Å². The van der Waals surface area contributed by atoms with Gasteiger partial charge in [0.25, 0.3) is 5.78 Å². The number of aliphatic hydroxyl groups is 1. The second-order valence-corrected chi connectivity index (χ2v) is 12.3. The summed E-state index contributed by atoms with van der Waals surface area (Å²) in [7, 11) is 1.40. The van der Waals surface area contributed by atoms with Gasteiger partial charge in [-0.2, -0.15) is 0 Å². The summed E-state index contributed by atoms with van der Waals surface area (Å²) in [6.45, 7) is 3.68. The first-order valence-electron chi connectivity index (χ1n) is 12.2. The molecule has 1 unspecified atom stereocenters.